The van der Waals surface area contributed by atoms with E-state index in [1.807, 2.05) is 6.07 Å². The highest BCUT2D eigenvalue weighted by atomic mass is 32.2. The molecule has 0 saturated carbocycles. The van der Waals surface area contributed by atoms with Crippen LogP contribution in [0.15, 0.2) is 23.1 Å². The predicted molar refractivity (Wildman–Crippen MR) is 76.6 cm³/mol. The highest BCUT2D eigenvalue weighted by Crippen LogP contribution is 2.27. The molecular weight excluding hydrogens is 290 g/mol. The molecule has 1 aromatic carbocycles. The van der Waals surface area contributed by atoms with Crippen LogP contribution in [0.25, 0.3) is 0 Å². The molecule has 0 radical (unpaired) electrons. The molecule has 1 saturated heterocycles. The molecule has 0 spiro atoms. The lowest BCUT2D eigenvalue weighted by atomic mass is 10.0. The Morgan fingerprint density at radius 2 is 2.14 bits per heavy atom. The van der Waals surface area contributed by atoms with Crippen molar-refractivity contribution in [3.63, 3.8) is 0 Å². The average molecular weight is 307 g/mol. The number of nitrogens with two attached hydrogens (primary N) is 1. The molecule has 2 N–H and O–H groups in total. The lowest BCUT2D eigenvalue weighted by molar-refractivity contribution is -0.122. The van der Waals surface area contributed by atoms with Crippen molar-refractivity contribution in [1.29, 1.82) is 5.26 Å². The first kappa shape index (κ1) is 15.5. The molecule has 112 valence electrons. The van der Waals surface area contributed by atoms with Gasteiger partial charge < -0.3 is 5.73 Å². The van der Waals surface area contributed by atoms with Crippen LogP contribution in [0.3, 0.4) is 0 Å². The van der Waals surface area contributed by atoms with Crippen LogP contribution in [0.1, 0.15) is 30.4 Å². The van der Waals surface area contributed by atoms with Gasteiger partial charge in [-0.05, 0) is 37.5 Å². The Labute approximate surface area is 124 Å². The minimum absolute atomic E-state index is 0.0645. The number of nitrogens with zero attached hydrogens (tertiary/aromatic N) is 2. The molecule has 1 aliphatic heterocycles. The second kappa shape index (κ2) is 5.84. The zero-order chi connectivity index (χ0) is 15.6. The van der Waals surface area contributed by atoms with E-state index in [2.05, 4.69) is 0 Å². The number of carbonyl (C=O) groups excluding carboxylic acids is 1. The minimum Gasteiger partial charge on any atom is -0.368 e. The van der Waals surface area contributed by atoms with Crippen molar-refractivity contribution in [2.45, 2.75) is 37.1 Å². The smallest absolute Gasteiger partial charge is 0.244 e. The number of piperidine rings is 1. The van der Waals surface area contributed by atoms with Crippen LogP contribution in [0.5, 0.6) is 0 Å². The van der Waals surface area contributed by atoms with E-state index in [1.54, 1.807) is 19.1 Å². The van der Waals surface area contributed by atoms with Gasteiger partial charge in [0.25, 0.3) is 0 Å². The van der Waals surface area contributed by atoms with E-state index >= 15 is 0 Å². The number of benzene rings is 1. The van der Waals surface area contributed by atoms with Crippen LogP contribution in [-0.4, -0.2) is 31.2 Å². The Morgan fingerprint density at radius 3 is 2.76 bits per heavy atom. The Hall–Kier alpha value is -1.91. The fourth-order valence-electron chi connectivity index (χ4n) is 2.55. The van der Waals surface area contributed by atoms with Crippen LogP contribution in [-0.2, 0) is 14.8 Å². The van der Waals surface area contributed by atoms with Gasteiger partial charge in [-0.25, -0.2) is 8.42 Å². The zero-order valence-corrected chi connectivity index (χ0v) is 12.6. The molecule has 0 aromatic heterocycles. The summed E-state index contributed by atoms with van der Waals surface area (Å²) in [4.78, 5) is 11.6. The van der Waals surface area contributed by atoms with Gasteiger partial charge in [0.1, 0.15) is 6.04 Å². The van der Waals surface area contributed by atoms with Crippen molar-refractivity contribution in [1.82, 2.24) is 4.31 Å². The molecule has 21 heavy (non-hydrogen) atoms. The van der Waals surface area contributed by atoms with Crippen molar-refractivity contribution >= 4 is 15.9 Å². The molecule has 1 amide bonds. The third-order valence-corrected chi connectivity index (χ3v) is 5.74. The quantitative estimate of drug-likeness (QED) is 0.895. The van der Waals surface area contributed by atoms with Gasteiger partial charge in [-0.2, -0.15) is 9.57 Å². The Balaban J connectivity index is 2.50. The summed E-state index contributed by atoms with van der Waals surface area (Å²) in [5.74, 6) is -0.632. The van der Waals surface area contributed by atoms with E-state index in [4.69, 9.17) is 11.0 Å². The number of hydrogen-bond acceptors (Lipinski definition) is 4. The molecular formula is C14H17N3O3S. The van der Waals surface area contributed by atoms with Crippen molar-refractivity contribution in [2.75, 3.05) is 6.54 Å². The zero-order valence-electron chi connectivity index (χ0n) is 11.7. The predicted octanol–water partition coefficient (Wildman–Crippen LogP) is 0.895. The maximum atomic E-state index is 12.8. The Morgan fingerprint density at radius 1 is 1.43 bits per heavy atom. The molecule has 1 unspecified atom stereocenters. The van der Waals surface area contributed by atoms with Crippen molar-refractivity contribution in [3.05, 3.63) is 29.3 Å². The summed E-state index contributed by atoms with van der Waals surface area (Å²) in [7, 11) is -3.84. The van der Waals surface area contributed by atoms with Gasteiger partial charge in [-0.3, -0.25) is 4.79 Å². The first-order chi connectivity index (χ1) is 9.87. The van der Waals surface area contributed by atoms with Gasteiger partial charge in [0.15, 0.2) is 0 Å². The summed E-state index contributed by atoms with van der Waals surface area (Å²) in [5, 5.41) is 8.94. The van der Waals surface area contributed by atoms with Crippen LogP contribution in [0.4, 0.5) is 0 Å². The number of amides is 1. The molecule has 6 nitrogen and oxygen atoms in total. The van der Waals surface area contributed by atoms with E-state index in [0.717, 1.165) is 6.42 Å². The van der Waals surface area contributed by atoms with Crippen LogP contribution in [0, 0.1) is 18.3 Å². The number of carbonyl (C=O) groups is 1. The standard InChI is InChI=1S/C14H17N3O3S/c1-10-5-6-11(9-15)8-13(10)21(19,20)17-7-3-2-4-12(17)14(16)18/h5-6,8,12H,2-4,7H2,1H3,(H2,16,18). The fourth-order valence-corrected chi connectivity index (χ4v) is 4.47. The van der Waals surface area contributed by atoms with Gasteiger partial charge in [-0.15, -0.1) is 0 Å². The van der Waals surface area contributed by atoms with Crippen molar-refractivity contribution in [3.8, 4) is 6.07 Å². The van der Waals surface area contributed by atoms with Gasteiger partial charge in [0, 0.05) is 6.54 Å². The number of nitriles is 1. The number of rotatable bonds is 3. The van der Waals surface area contributed by atoms with E-state index in [0.29, 0.717) is 18.4 Å². The monoisotopic (exact) mass is 307 g/mol. The van der Waals surface area contributed by atoms with E-state index in [9.17, 15) is 13.2 Å². The lowest BCUT2D eigenvalue weighted by Gasteiger charge is -2.32. The topological polar surface area (TPSA) is 104 Å². The molecule has 1 aromatic rings. The van der Waals surface area contributed by atoms with Crippen LogP contribution >= 0.6 is 0 Å². The maximum Gasteiger partial charge on any atom is 0.244 e. The molecule has 0 aliphatic carbocycles. The first-order valence-electron chi connectivity index (χ1n) is 6.70. The molecule has 0 bridgehead atoms. The maximum absolute atomic E-state index is 12.8. The summed E-state index contributed by atoms with van der Waals surface area (Å²) in [6.07, 6.45) is 1.91. The third kappa shape index (κ3) is 2.91. The molecule has 1 heterocycles. The molecule has 1 aliphatic rings. The number of aryl methyl sites for hydroxylation is 1. The van der Waals surface area contributed by atoms with Crippen molar-refractivity contribution < 1.29 is 13.2 Å². The van der Waals surface area contributed by atoms with Gasteiger partial charge >= 0.3 is 0 Å². The SMILES string of the molecule is Cc1ccc(C#N)cc1S(=O)(=O)N1CCCCC1C(N)=O. The van der Waals surface area contributed by atoms with Crippen LogP contribution < -0.4 is 5.73 Å². The molecule has 2 rings (SSSR count). The summed E-state index contributed by atoms with van der Waals surface area (Å²) in [6, 6.07) is 5.62. The summed E-state index contributed by atoms with van der Waals surface area (Å²) in [6.45, 7) is 1.93. The number of sulfonamides is 1. The highest BCUT2D eigenvalue weighted by molar-refractivity contribution is 7.89. The Kier molecular flexibility index (Phi) is 4.30. The highest BCUT2D eigenvalue weighted by Gasteiger charge is 2.37. The third-order valence-electron chi connectivity index (χ3n) is 3.69. The number of primary amides is 1. The van der Waals surface area contributed by atoms with E-state index < -0.39 is 22.0 Å². The second-order valence-electron chi connectivity index (χ2n) is 5.12. The van der Waals surface area contributed by atoms with Gasteiger partial charge in [-0.1, -0.05) is 12.5 Å². The van der Waals surface area contributed by atoms with Crippen LogP contribution in [0.2, 0.25) is 0 Å². The van der Waals surface area contributed by atoms with E-state index in [-0.39, 0.29) is 17.0 Å². The first-order valence-corrected chi connectivity index (χ1v) is 8.14. The van der Waals surface area contributed by atoms with Gasteiger partial charge in [0.05, 0.1) is 16.5 Å². The molecule has 1 atom stereocenters. The Bertz CT molecular complexity index is 707. The minimum atomic E-state index is -3.84. The summed E-state index contributed by atoms with van der Waals surface area (Å²) in [5.41, 5.74) is 6.14. The summed E-state index contributed by atoms with van der Waals surface area (Å²) >= 11 is 0. The van der Waals surface area contributed by atoms with Crippen molar-refractivity contribution in [2.24, 2.45) is 5.73 Å². The second-order valence-corrected chi connectivity index (χ2v) is 6.98. The van der Waals surface area contributed by atoms with Gasteiger partial charge in [0.2, 0.25) is 15.9 Å². The largest absolute Gasteiger partial charge is 0.368 e. The number of hydrogen-bond donors (Lipinski definition) is 1. The average Bonchev–Trinajstić information content (AvgIpc) is 2.47. The normalized spacial score (nSPS) is 19.9. The lowest BCUT2D eigenvalue weighted by Crippen LogP contribution is -2.50. The summed E-state index contributed by atoms with van der Waals surface area (Å²) < 4.78 is 26.8. The van der Waals surface area contributed by atoms with E-state index in [1.165, 1.54) is 10.4 Å². The molecule has 1 fully saturated rings. The fraction of sp³-hybridized carbons (Fsp3) is 0.429. The molecule has 7 heteroatoms.